The summed E-state index contributed by atoms with van der Waals surface area (Å²) >= 11 is 0. The molecule has 0 spiro atoms. The lowest BCUT2D eigenvalue weighted by molar-refractivity contribution is -0.135. The largest absolute Gasteiger partial charge is 0.373 e. The van der Waals surface area contributed by atoms with Gasteiger partial charge in [0.25, 0.3) is 0 Å². The fourth-order valence-electron chi connectivity index (χ4n) is 4.22. The van der Waals surface area contributed by atoms with Gasteiger partial charge in [0.1, 0.15) is 0 Å². The number of likely N-dealkylation sites (tertiary alicyclic amines) is 1. The molecular weight excluding hydrogens is 376 g/mol. The van der Waals surface area contributed by atoms with Gasteiger partial charge in [0.05, 0.1) is 12.6 Å². The number of benzene rings is 1. The highest BCUT2D eigenvalue weighted by Gasteiger charge is 2.30. The zero-order chi connectivity index (χ0) is 21.3. The van der Waals surface area contributed by atoms with Crippen molar-refractivity contribution in [3.05, 3.63) is 30.3 Å². The van der Waals surface area contributed by atoms with Crippen LogP contribution in [0.15, 0.2) is 35.3 Å². The molecule has 1 amide bonds. The second-order valence-electron chi connectivity index (χ2n) is 8.22. The lowest BCUT2D eigenvalue weighted by Crippen LogP contribution is -2.57. The molecule has 2 saturated heterocycles. The van der Waals surface area contributed by atoms with E-state index < -0.39 is 0 Å². The molecule has 0 aromatic heterocycles. The molecule has 0 radical (unpaired) electrons. The van der Waals surface area contributed by atoms with Crippen molar-refractivity contribution >= 4 is 17.6 Å². The van der Waals surface area contributed by atoms with Crippen molar-refractivity contribution in [3.8, 4) is 0 Å². The van der Waals surface area contributed by atoms with Gasteiger partial charge in [-0.3, -0.25) is 14.7 Å². The quantitative estimate of drug-likeness (QED) is 0.544. The summed E-state index contributed by atoms with van der Waals surface area (Å²) in [5.74, 6) is 1.28. The molecule has 2 heterocycles. The van der Waals surface area contributed by atoms with Gasteiger partial charge in [-0.1, -0.05) is 18.2 Å². The summed E-state index contributed by atoms with van der Waals surface area (Å²) < 4.78 is 0. The van der Waals surface area contributed by atoms with Crippen molar-refractivity contribution in [1.29, 1.82) is 0 Å². The summed E-state index contributed by atoms with van der Waals surface area (Å²) in [5.41, 5.74) is 1.21. The van der Waals surface area contributed by atoms with Gasteiger partial charge < -0.3 is 20.0 Å². The maximum atomic E-state index is 12.7. The topological polar surface area (TPSA) is 54.4 Å². The Labute approximate surface area is 181 Å². The van der Waals surface area contributed by atoms with Gasteiger partial charge in [-0.05, 0) is 38.8 Å². The molecule has 3 rings (SSSR count). The van der Waals surface area contributed by atoms with Crippen LogP contribution < -0.4 is 10.2 Å². The molecule has 0 bridgehead atoms. The average Bonchev–Trinajstić information content (AvgIpc) is 3.33. The monoisotopic (exact) mass is 414 g/mol. The summed E-state index contributed by atoms with van der Waals surface area (Å²) in [6.07, 6.45) is 2.29. The first kappa shape index (κ1) is 22.4. The summed E-state index contributed by atoms with van der Waals surface area (Å²) in [6, 6.07) is 10.4. The van der Waals surface area contributed by atoms with Crippen LogP contribution >= 0.6 is 0 Å². The van der Waals surface area contributed by atoms with Crippen LogP contribution in [-0.4, -0.2) is 98.6 Å². The molecule has 1 N–H and O–H groups in total. The van der Waals surface area contributed by atoms with E-state index in [2.05, 4.69) is 65.2 Å². The first-order chi connectivity index (χ1) is 14.6. The van der Waals surface area contributed by atoms with Gasteiger partial charge in [-0.25, -0.2) is 0 Å². The number of guanidine groups is 1. The summed E-state index contributed by atoms with van der Waals surface area (Å²) in [4.78, 5) is 26.5. The van der Waals surface area contributed by atoms with Gasteiger partial charge in [0, 0.05) is 65.1 Å². The van der Waals surface area contributed by atoms with Crippen molar-refractivity contribution in [2.45, 2.75) is 32.7 Å². The second-order valence-corrected chi connectivity index (χ2v) is 8.22. The second kappa shape index (κ2) is 11.2. The maximum Gasteiger partial charge on any atom is 0.239 e. The van der Waals surface area contributed by atoms with E-state index in [-0.39, 0.29) is 6.04 Å². The molecule has 2 aliphatic heterocycles. The summed E-state index contributed by atoms with van der Waals surface area (Å²) in [7, 11) is 2.11. The van der Waals surface area contributed by atoms with Crippen molar-refractivity contribution in [3.63, 3.8) is 0 Å². The average molecular weight is 415 g/mol. The number of carbonyl (C=O) groups is 1. The minimum Gasteiger partial charge on any atom is -0.373 e. The first-order valence-corrected chi connectivity index (χ1v) is 11.4. The molecular formula is C23H38N6O. The molecule has 7 nitrogen and oxygen atoms in total. The number of likely N-dealkylation sites (N-methyl/N-ethyl adjacent to an activating group) is 1. The molecule has 1 aromatic carbocycles. The standard InChI is InChI=1S/C23H38N6O/c1-4-24-23(25-12-15-26(3)21-10-6-5-7-11-21)29-18-16-27(17-19-29)20(2)22(30)28-13-8-9-14-28/h5-7,10-11,20H,4,8-9,12-19H2,1-3H3,(H,24,25). The zero-order valence-corrected chi connectivity index (χ0v) is 18.9. The van der Waals surface area contributed by atoms with Crippen molar-refractivity contribution in [2.75, 3.05) is 70.9 Å². The molecule has 0 aliphatic carbocycles. The van der Waals surface area contributed by atoms with Crippen LogP contribution in [-0.2, 0) is 4.79 Å². The van der Waals surface area contributed by atoms with Crippen molar-refractivity contribution in [2.24, 2.45) is 4.99 Å². The lowest BCUT2D eigenvalue weighted by atomic mass is 10.2. The Morgan fingerprint density at radius 1 is 1.07 bits per heavy atom. The number of para-hydroxylation sites is 1. The number of piperazine rings is 1. The molecule has 1 unspecified atom stereocenters. The van der Waals surface area contributed by atoms with Gasteiger partial charge in [0.2, 0.25) is 5.91 Å². The third-order valence-corrected chi connectivity index (χ3v) is 6.17. The lowest BCUT2D eigenvalue weighted by Gasteiger charge is -2.39. The number of nitrogens with one attached hydrogen (secondary N) is 1. The molecule has 2 fully saturated rings. The van der Waals surface area contributed by atoms with Crippen molar-refractivity contribution < 1.29 is 4.79 Å². The first-order valence-electron chi connectivity index (χ1n) is 11.4. The number of amides is 1. The van der Waals surface area contributed by atoms with E-state index in [0.29, 0.717) is 5.91 Å². The highest BCUT2D eigenvalue weighted by molar-refractivity contribution is 5.82. The minimum absolute atomic E-state index is 0.0238. The van der Waals surface area contributed by atoms with Gasteiger partial charge >= 0.3 is 0 Å². The number of nitrogens with zero attached hydrogens (tertiary/aromatic N) is 5. The highest BCUT2D eigenvalue weighted by atomic mass is 16.2. The number of carbonyl (C=O) groups excluding carboxylic acids is 1. The van der Waals surface area contributed by atoms with Gasteiger partial charge in [-0.15, -0.1) is 0 Å². The van der Waals surface area contributed by atoms with Gasteiger partial charge in [0.15, 0.2) is 5.96 Å². The third-order valence-electron chi connectivity index (χ3n) is 6.17. The molecule has 1 atom stereocenters. The number of hydrogen-bond donors (Lipinski definition) is 1. The van der Waals surface area contributed by atoms with Crippen LogP contribution in [0.3, 0.4) is 0 Å². The molecule has 166 valence electrons. The Balaban J connectivity index is 1.49. The third kappa shape index (κ3) is 5.88. The van der Waals surface area contributed by atoms with Crippen LogP contribution in [0.25, 0.3) is 0 Å². The molecule has 7 heteroatoms. The Morgan fingerprint density at radius 3 is 2.37 bits per heavy atom. The predicted molar refractivity (Wildman–Crippen MR) is 124 cm³/mol. The SMILES string of the molecule is CCNC(=NCCN(C)c1ccccc1)N1CCN(C(C)C(=O)N2CCCC2)CC1. The smallest absolute Gasteiger partial charge is 0.239 e. The Bertz CT molecular complexity index is 680. The molecule has 2 aliphatic rings. The fourth-order valence-corrected chi connectivity index (χ4v) is 4.22. The van der Waals surface area contributed by atoms with Crippen molar-refractivity contribution in [1.82, 2.24) is 20.0 Å². The van der Waals surface area contributed by atoms with Crippen LogP contribution in [0, 0.1) is 0 Å². The predicted octanol–water partition coefficient (Wildman–Crippen LogP) is 1.72. The zero-order valence-electron chi connectivity index (χ0n) is 18.9. The van der Waals surface area contributed by atoms with E-state index in [1.807, 2.05) is 11.0 Å². The Kier molecular flexibility index (Phi) is 8.37. The van der Waals surface area contributed by atoms with E-state index >= 15 is 0 Å². The van der Waals surface area contributed by atoms with E-state index in [0.717, 1.165) is 77.7 Å². The number of anilines is 1. The molecule has 0 saturated carbocycles. The Hall–Kier alpha value is -2.28. The maximum absolute atomic E-state index is 12.7. The van der Waals surface area contributed by atoms with Gasteiger partial charge in [-0.2, -0.15) is 0 Å². The van der Waals surface area contributed by atoms with Crippen LogP contribution in [0.5, 0.6) is 0 Å². The van der Waals surface area contributed by atoms with E-state index in [1.54, 1.807) is 0 Å². The summed E-state index contributed by atoms with van der Waals surface area (Å²) in [6.45, 7) is 12.1. The van der Waals surface area contributed by atoms with E-state index in [4.69, 9.17) is 4.99 Å². The minimum atomic E-state index is -0.0238. The van der Waals surface area contributed by atoms with E-state index in [9.17, 15) is 4.79 Å². The molecule has 30 heavy (non-hydrogen) atoms. The number of rotatable bonds is 7. The fraction of sp³-hybridized carbons (Fsp3) is 0.652. The van der Waals surface area contributed by atoms with Crippen LogP contribution in [0.4, 0.5) is 5.69 Å². The summed E-state index contributed by atoms with van der Waals surface area (Å²) in [5, 5.41) is 3.44. The highest BCUT2D eigenvalue weighted by Crippen LogP contribution is 2.14. The number of aliphatic imine (C=N–C) groups is 1. The normalized spacial score (nSPS) is 19.1. The van der Waals surface area contributed by atoms with E-state index in [1.165, 1.54) is 5.69 Å². The number of hydrogen-bond acceptors (Lipinski definition) is 4. The molecule has 1 aromatic rings. The van der Waals surface area contributed by atoms with Crippen LogP contribution in [0.2, 0.25) is 0 Å². The Morgan fingerprint density at radius 2 is 1.73 bits per heavy atom. The van der Waals surface area contributed by atoms with Crippen LogP contribution in [0.1, 0.15) is 26.7 Å².